The molecule has 0 rings (SSSR count). The molecule has 4 N–H and O–H groups in total. The van der Waals surface area contributed by atoms with Crippen LogP contribution < -0.4 is 16.0 Å². The second-order valence-electron chi connectivity index (χ2n) is 11.1. The normalized spacial score (nSPS) is 14.3. The van der Waals surface area contributed by atoms with Crippen LogP contribution in [0.15, 0.2) is 0 Å². The molecule has 0 radical (unpaired) electrons. The van der Waals surface area contributed by atoms with Gasteiger partial charge in [0.2, 0.25) is 11.8 Å². The second kappa shape index (κ2) is 15.6. The highest BCUT2D eigenvalue weighted by Gasteiger charge is 2.22. The molecule has 0 fully saturated rings. The predicted octanol–water partition coefficient (Wildman–Crippen LogP) is 3.57. The van der Waals surface area contributed by atoms with Gasteiger partial charge in [-0.1, -0.05) is 34.6 Å². The molecule has 0 saturated heterocycles. The van der Waals surface area contributed by atoms with Gasteiger partial charge in [-0.05, 0) is 56.8 Å². The van der Waals surface area contributed by atoms with E-state index < -0.39 is 17.7 Å². The van der Waals surface area contributed by atoms with Gasteiger partial charge in [-0.15, -0.1) is 0 Å². The van der Waals surface area contributed by atoms with Crippen LogP contribution in [0.3, 0.4) is 0 Å². The van der Waals surface area contributed by atoms with Crippen molar-refractivity contribution < 1.29 is 29.0 Å². The molecule has 198 valence electrons. The highest BCUT2D eigenvalue weighted by atomic mass is 16.6. The van der Waals surface area contributed by atoms with Gasteiger partial charge in [0.15, 0.2) is 0 Å². The first-order valence-electron chi connectivity index (χ1n) is 12.3. The molecule has 0 aromatic heterocycles. The van der Waals surface area contributed by atoms with Gasteiger partial charge in [-0.25, -0.2) is 4.79 Å². The van der Waals surface area contributed by atoms with E-state index in [-0.39, 0.29) is 54.7 Å². The second-order valence-corrected chi connectivity index (χ2v) is 11.1. The summed E-state index contributed by atoms with van der Waals surface area (Å²) in [6.07, 6.45) is 0.771. The summed E-state index contributed by atoms with van der Waals surface area (Å²) >= 11 is 0. The maximum atomic E-state index is 12.4. The smallest absolute Gasteiger partial charge is 0.407 e. The van der Waals surface area contributed by atoms with Crippen molar-refractivity contribution in [3.05, 3.63) is 0 Å². The number of carboxylic acids is 1. The Morgan fingerprint density at radius 3 is 1.85 bits per heavy atom. The average molecular weight is 486 g/mol. The lowest BCUT2D eigenvalue weighted by atomic mass is 9.92. The maximum Gasteiger partial charge on any atom is 0.407 e. The van der Waals surface area contributed by atoms with Crippen molar-refractivity contribution in [3.8, 4) is 0 Å². The van der Waals surface area contributed by atoms with Crippen molar-refractivity contribution in [1.82, 2.24) is 16.0 Å². The standard InChI is InChI=1S/C25H47N3O6/c1-16(2)9-19(11-23(31)32)14-27-21(29)10-18(5)13-26-22(30)12-20(17(3)4)15-28-24(33)34-25(6,7)8/h16-20H,9-15H2,1-8H3,(H,26,30)(H,27,29)(H,28,33)(H,31,32)/t18-,19-,20-/m1/s1. The molecule has 3 amide bonds. The number of hydrogen-bond acceptors (Lipinski definition) is 5. The van der Waals surface area contributed by atoms with Gasteiger partial charge in [0, 0.05) is 38.9 Å². The number of rotatable bonds is 15. The molecule has 0 heterocycles. The zero-order chi connectivity index (χ0) is 26.5. The molecule has 0 aliphatic rings. The van der Waals surface area contributed by atoms with Gasteiger partial charge in [0.25, 0.3) is 0 Å². The monoisotopic (exact) mass is 485 g/mol. The fourth-order valence-corrected chi connectivity index (χ4v) is 3.54. The molecule has 0 unspecified atom stereocenters. The molecule has 9 nitrogen and oxygen atoms in total. The van der Waals surface area contributed by atoms with E-state index in [0.717, 1.165) is 6.42 Å². The van der Waals surface area contributed by atoms with E-state index in [2.05, 4.69) is 16.0 Å². The minimum Gasteiger partial charge on any atom is -0.481 e. The highest BCUT2D eigenvalue weighted by molar-refractivity contribution is 5.77. The fourth-order valence-electron chi connectivity index (χ4n) is 3.54. The Bertz CT molecular complexity index is 658. The Hall–Kier alpha value is -2.32. The van der Waals surface area contributed by atoms with Crippen molar-refractivity contribution >= 4 is 23.9 Å². The largest absolute Gasteiger partial charge is 0.481 e. The summed E-state index contributed by atoms with van der Waals surface area (Å²) in [5.74, 6) is -0.811. The Labute approximate surface area is 205 Å². The maximum absolute atomic E-state index is 12.4. The van der Waals surface area contributed by atoms with Gasteiger partial charge in [0.1, 0.15) is 5.60 Å². The summed E-state index contributed by atoms with van der Waals surface area (Å²) in [5.41, 5.74) is -0.581. The van der Waals surface area contributed by atoms with Crippen LogP contribution >= 0.6 is 0 Å². The predicted molar refractivity (Wildman–Crippen MR) is 132 cm³/mol. The summed E-state index contributed by atoms with van der Waals surface area (Å²) in [4.78, 5) is 47.6. The Morgan fingerprint density at radius 1 is 0.794 bits per heavy atom. The van der Waals surface area contributed by atoms with Crippen molar-refractivity contribution in [2.24, 2.45) is 29.6 Å². The van der Waals surface area contributed by atoms with Gasteiger partial charge in [-0.2, -0.15) is 0 Å². The fraction of sp³-hybridized carbons (Fsp3) is 0.840. The third kappa shape index (κ3) is 17.2. The van der Waals surface area contributed by atoms with Crippen LogP contribution in [0.5, 0.6) is 0 Å². The topological polar surface area (TPSA) is 134 Å². The van der Waals surface area contributed by atoms with Crippen LogP contribution in [0.2, 0.25) is 0 Å². The number of carbonyl (C=O) groups is 4. The Balaban J connectivity index is 4.43. The lowest BCUT2D eigenvalue weighted by molar-refractivity contribution is -0.138. The molecular weight excluding hydrogens is 438 g/mol. The van der Waals surface area contributed by atoms with Crippen molar-refractivity contribution in [2.45, 2.75) is 86.7 Å². The van der Waals surface area contributed by atoms with Crippen LogP contribution in [-0.2, 0) is 19.1 Å². The van der Waals surface area contributed by atoms with Crippen molar-refractivity contribution in [1.29, 1.82) is 0 Å². The summed E-state index contributed by atoms with van der Waals surface area (Å²) in [6.45, 7) is 16.3. The van der Waals surface area contributed by atoms with Crippen molar-refractivity contribution in [3.63, 3.8) is 0 Å². The molecule has 0 bridgehead atoms. The van der Waals surface area contributed by atoms with E-state index >= 15 is 0 Å². The summed E-state index contributed by atoms with van der Waals surface area (Å²) in [5, 5.41) is 17.5. The SMILES string of the molecule is CC(C)C[C@@H](CNC(=O)C[C@@H](C)CNC(=O)C[C@H](CNC(=O)OC(C)(C)C)C(C)C)CC(=O)O. The van der Waals surface area contributed by atoms with Crippen LogP contribution in [0.4, 0.5) is 4.79 Å². The lowest BCUT2D eigenvalue weighted by Crippen LogP contribution is -2.39. The number of nitrogens with one attached hydrogen (secondary N) is 3. The Morgan fingerprint density at radius 2 is 1.35 bits per heavy atom. The number of aliphatic carboxylic acids is 1. The van der Waals surface area contributed by atoms with Crippen molar-refractivity contribution in [2.75, 3.05) is 19.6 Å². The first-order valence-corrected chi connectivity index (χ1v) is 12.3. The molecule has 0 spiro atoms. The van der Waals surface area contributed by atoms with E-state index in [1.807, 2.05) is 34.6 Å². The molecule has 0 aromatic rings. The van der Waals surface area contributed by atoms with Crippen LogP contribution in [-0.4, -0.2) is 54.2 Å². The molecule has 3 atom stereocenters. The minimum absolute atomic E-state index is 0.0316. The minimum atomic E-state index is -0.864. The molecular formula is C25H47N3O6. The third-order valence-electron chi connectivity index (χ3n) is 5.34. The number of ether oxygens (including phenoxy) is 1. The summed E-state index contributed by atoms with van der Waals surface area (Å²) in [7, 11) is 0. The quantitative estimate of drug-likeness (QED) is 0.280. The van der Waals surface area contributed by atoms with Gasteiger partial charge in [-0.3, -0.25) is 14.4 Å². The average Bonchev–Trinajstić information content (AvgIpc) is 2.65. The number of alkyl carbamates (subject to hydrolysis) is 1. The molecule has 9 heteroatoms. The molecule has 0 saturated carbocycles. The van der Waals surface area contributed by atoms with Gasteiger partial charge >= 0.3 is 12.1 Å². The molecule has 0 aliphatic heterocycles. The van der Waals surface area contributed by atoms with E-state index in [4.69, 9.17) is 9.84 Å². The van der Waals surface area contributed by atoms with E-state index in [0.29, 0.717) is 25.6 Å². The summed E-state index contributed by atoms with van der Waals surface area (Å²) < 4.78 is 5.24. The van der Waals surface area contributed by atoms with E-state index in [1.54, 1.807) is 20.8 Å². The first-order chi connectivity index (χ1) is 15.6. The lowest BCUT2D eigenvalue weighted by Gasteiger charge is -2.24. The molecule has 0 aromatic carbocycles. The van der Waals surface area contributed by atoms with E-state index in [1.165, 1.54) is 0 Å². The third-order valence-corrected chi connectivity index (χ3v) is 5.34. The van der Waals surface area contributed by atoms with Crippen LogP contribution in [0.25, 0.3) is 0 Å². The number of amides is 3. The highest BCUT2D eigenvalue weighted by Crippen LogP contribution is 2.16. The van der Waals surface area contributed by atoms with Crippen LogP contribution in [0, 0.1) is 29.6 Å². The van der Waals surface area contributed by atoms with Crippen LogP contribution in [0.1, 0.15) is 81.1 Å². The number of carboxylic acid groups (broad SMARTS) is 1. The zero-order valence-electron chi connectivity index (χ0n) is 22.3. The van der Waals surface area contributed by atoms with Gasteiger partial charge < -0.3 is 25.8 Å². The van der Waals surface area contributed by atoms with Gasteiger partial charge in [0.05, 0.1) is 0 Å². The molecule has 34 heavy (non-hydrogen) atoms. The number of carbonyl (C=O) groups excluding carboxylic acids is 3. The first kappa shape index (κ1) is 31.7. The summed E-state index contributed by atoms with van der Waals surface area (Å²) in [6, 6.07) is 0. The Kier molecular flexibility index (Phi) is 14.5. The van der Waals surface area contributed by atoms with E-state index in [9.17, 15) is 19.2 Å². The zero-order valence-corrected chi connectivity index (χ0v) is 22.3. The molecule has 0 aliphatic carbocycles. The number of hydrogen-bond donors (Lipinski definition) is 4.